The Morgan fingerprint density at radius 1 is 1.24 bits per heavy atom. The molecule has 7 nitrogen and oxygen atoms in total. The molecule has 0 radical (unpaired) electrons. The van der Waals surface area contributed by atoms with Gasteiger partial charge in [-0.25, -0.2) is 0 Å². The minimum absolute atomic E-state index is 0.0874. The van der Waals surface area contributed by atoms with E-state index < -0.39 is 11.4 Å². The van der Waals surface area contributed by atoms with Gasteiger partial charge in [-0.1, -0.05) is 0 Å². The van der Waals surface area contributed by atoms with Crippen molar-refractivity contribution in [2.24, 2.45) is 11.3 Å². The van der Waals surface area contributed by atoms with E-state index in [4.69, 9.17) is 0 Å². The van der Waals surface area contributed by atoms with Crippen LogP contribution in [-0.4, -0.2) is 65.0 Å². The molecule has 2 fully saturated rings. The molecule has 134 valence electrons. The van der Waals surface area contributed by atoms with Gasteiger partial charge in [0, 0.05) is 37.8 Å². The molecule has 0 aromatic carbocycles. The number of carbonyl (C=O) groups is 2. The number of H-pyrrole nitrogens is 1. The summed E-state index contributed by atoms with van der Waals surface area (Å²) in [4.78, 5) is 43.6. The van der Waals surface area contributed by atoms with Crippen LogP contribution in [0.15, 0.2) is 10.9 Å². The fraction of sp³-hybridized carbons (Fsp3) is 0.611. The van der Waals surface area contributed by atoms with E-state index in [1.54, 1.807) is 11.0 Å². The average Bonchev–Trinajstić information content (AvgIpc) is 3.07. The lowest BCUT2D eigenvalue weighted by molar-refractivity contribution is -0.148. The summed E-state index contributed by atoms with van der Waals surface area (Å²) in [6, 6.07) is 1.73. The van der Waals surface area contributed by atoms with Gasteiger partial charge in [0.15, 0.2) is 0 Å². The molecule has 2 aliphatic heterocycles. The minimum Gasteiger partial charge on any atom is -0.481 e. The number of hydrogen-bond acceptors (Lipinski definition) is 4. The van der Waals surface area contributed by atoms with Crippen molar-refractivity contribution < 1.29 is 14.7 Å². The van der Waals surface area contributed by atoms with Crippen molar-refractivity contribution in [3.8, 4) is 0 Å². The van der Waals surface area contributed by atoms with Crippen LogP contribution in [0.2, 0.25) is 0 Å². The highest BCUT2D eigenvalue weighted by Gasteiger charge is 2.57. The molecule has 25 heavy (non-hydrogen) atoms. The van der Waals surface area contributed by atoms with Crippen LogP contribution in [0.1, 0.15) is 34.5 Å². The number of aryl methyl sites for hydroxylation is 2. The van der Waals surface area contributed by atoms with Crippen LogP contribution in [0.25, 0.3) is 0 Å². The van der Waals surface area contributed by atoms with Crippen molar-refractivity contribution in [3.63, 3.8) is 0 Å². The highest BCUT2D eigenvalue weighted by Crippen LogP contribution is 2.42. The molecule has 1 amide bonds. The van der Waals surface area contributed by atoms with Gasteiger partial charge in [-0.3, -0.25) is 14.4 Å². The Hall–Kier alpha value is -2.15. The molecule has 1 aromatic heterocycles. The van der Waals surface area contributed by atoms with Crippen LogP contribution in [0.3, 0.4) is 0 Å². The first-order valence-electron chi connectivity index (χ1n) is 8.87. The Bertz CT molecular complexity index is 802. The van der Waals surface area contributed by atoms with Crippen LogP contribution >= 0.6 is 0 Å². The first kappa shape index (κ1) is 16.3. The zero-order valence-corrected chi connectivity index (χ0v) is 14.4. The van der Waals surface area contributed by atoms with Crippen molar-refractivity contribution in [1.29, 1.82) is 0 Å². The molecule has 0 unspecified atom stereocenters. The second kappa shape index (κ2) is 5.69. The molecule has 0 bridgehead atoms. The second-order valence-corrected chi connectivity index (χ2v) is 7.76. The van der Waals surface area contributed by atoms with Gasteiger partial charge in [0.2, 0.25) is 0 Å². The fourth-order valence-corrected chi connectivity index (χ4v) is 4.78. The molecule has 0 spiro atoms. The van der Waals surface area contributed by atoms with E-state index >= 15 is 0 Å². The number of hydrogen-bond donors (Lipinski definition) is 2. The summed E-state index contributed by atoms with van der Waals surface area (Å²) in [5.74, 6) is -1.28. The highest BCUT2D eigenvalue weighted by molar-refractivity contribution is 5.95. The Kier molecular flexibility index (Phi) is 3.72. The van der Waals surface area contributed by atoms with Crippen LogP contribution < -0.4 is 5.56 Å². The lowest BCUT2D eigenvalue weighted by Crippen LogP contribution is -2.42. The SMILES string of the molecule is CN1C[C@@H]2CN(C(=O)c3cc4c([nH]c3=O)CCCC4)C[C@]2(C(=O)O)C1. The maximum absolute atomic E-state index is 12.9. The third-order valence-corrected chi connectivity index (χ3v) is 6.06. The second-order valence-electron chi connectivity index (χ2n) is 7.76. The number of pyridine rings is 1. The van der Waals surface area contributed by atoms with Crippen molar-refractivity contribution >= 4 is 11.9 Å². The van der Waals surface area contributed by atoms with Crippen molar-refractivity contribution in [2.45, 2.75) is 25.7 Å². The quantitative estimate of drug-likeness (QED) is 0.806. The van der Waals surface area contributed by atoms with Gasteiger partial charge in [-0.05, 0) is 44.4 Å². The fourth-order valence-electron chi connectivity index (χ4n) is 4.78. The van der Waals surface area contributed by atoms with E-state index in [1.807, 2.05) is 11.9 Å². The van der Waals surface area contributed by atoms with Gasteiger partial charge < -0.3 is 19.9 Å². The molecule has 2 atom stereocenters. The summed E-state index contributed by atoms with van der Waals surface area (Å²) in [6.45, 7) is 1.67. The monoisotopic (exact) mass is 345 g/mol. The van der Waals surface area contributed by atoms with Gasteiger partial charge in [0.05, 0.1) is 0 Å². The number of carboxylic acids is 1. The third-order valence-electron chi connectivity index (χ3n) is 6.06. The topological polar surface area (TPSA) is 93.7 Å². The van der Waals surface area contributed by atoms with Crippen LogP contribution in [0.5, 0.6) is 0 Å². The zero-order chi connectivity index (χ0) is 17.8. The molecule has 4 rings (SSSR count). The van der Waals surface area contributed by atoms with Crippen LogP contribution in [-0.2, 0) is 17.6 Å². The zero-order valence-electron chi connectivity index (χ0n) is 14.4. The normalized spacial score (nSPS) is 28.7. The number of aromatic nitrogens is 1. The number of carboxylic acid groups (broad SMARTS) is 1. The molecule has 1 aromatic rings. The molecule has 3 aliphatic rings. The Labute approximate surface area is 145 Å². The first-order chi connectivity index (χ1) is 11.9. The third kappa shape index (κ3) is 2.49. The number of likely N-dealkylation sites (tertiary alicyclic amines) is 2. The van der Waals surface area contributed by atoms with Gasteiger partial charge >= 0.3 is 5.97 Å². The summed E-state index contributed by atoms with van der Waals surface area (Å²) in [6.07, 6.45) is 3.84. The summed E-state index contributed by atoms with van der Waals surface area (Å²) in [5, 5.41) is 9.74. The van der Waals surface area contributed by atoms with Gasteiger partial charge in [-0.15, -0.1) is 0 Å². The number of amides is 1. The average molecular weight is 345 g/mol. The maximum atomic E-state index is 12.9. The molecule has 3 heterocycles. The predicted molar refractivity (Wildman–Crippen MR) is 90.7 cm³/mol. The Balaban J connectivity index is 1.63. The number of aliphatic carboxylic acids is 1. The van der Waals surface area contributed by atoms with E-state index in [-0.39, 0.29) is 29.5 Å². The van der Waals surface area contributed by atoms with E-state index in [0.29, 0.717) is 19.6 Å². The molecule has 2 N–H and O–H groups in total. The van der Waals surface area contributed by atoms with Gasteiger partial charge in [-0.2, -0.15) is 0 Å². The van der Waals surface area contributed by atoms with Gasteiger partial charge in [0.1, 0.15) is 11.0 Å². The Morgan fingerprint density at radius 3 is 2.72 bits per heavy atom. The van der Waals surface area contributed by atoms with E-state index in [0.717, 1.165) is 36.9 Å². The number of rotatable bonds is 2. The summed E-state index contributed by atoms with van der Waals surface area (Å²) in [7, 11) is 1.91. The van der Waals surface area contributed by atoms with Crippen molar-refractivity contribution in [1.82, 2.24) is 14.8 Å². The molecule has 2 saturated heterocycles. The molecule has 7 heteroatoms. The number of aromatic amines is 1. The maximum Gasteiger partial charge on any atom is 0.313 e. The molecule has 1 aliphatic carbocycles. The smallest absolute Gasteiger partial charge is 0.313 e. The number of carbonyl (C=O) groups excluding carboxylic acids is 1. The van der Waals surface area contributed by atoms with Crippen molar-refractivity contribution in [2.75, 3.05) is 33.2 Å². The van der Waals surface area contributed by atoms with Crippen LogP contribution in [0.4, 0.5) is 0 Å². The molecular formula is C18H23N3O4. The summed E-state index contributed by atoms with van der Waals surface area (Å²) >= 11 is 0. The summed E-state index contributed by atoms with van der Waals surface area (Å²) in [5.41, 5.74) is 0.862. The standard InChI is InChI=1S/C18H23N3O4/c1-20-7-12-8-21(10-18(12,9-20)17(24)25)16(23)13-6-11-4-2-3-5-14(11)19-15(13)22/h6,12H,2-5,7-10H2,1H3,(H,19,22)(H,24,25)/t12-,18-/m1/s1. The highest BCUT2D eigenvalue weighted by atomic mass is 16.4. The van der Waals surface area contributed by atoms with Crippen molar-refractivity contribution in [3.05, 3.63) is 33.2 Å². The number of fused-ring (bicyclic) bond motifs is 2. The number of nitrogens with one attached hydrogen (secondary N) is 1. The lowest BCUT2D eigenvalue weighted by Gasteiger charge is -2.24. The largest absolute Gasteiger partial charge is 0.481 e. The minimum atomic E-state index is -0.911. The summed E-state index contributed by atoms with van der Waals surface area (Å²) < 4.78 is 0. The molecular weight excluding hydrogens is 322 g/mol. The number of nitrogens with zero attached hydrogens (tertiary/aromatic N) is 2. The predicted octanol–water partition coefficient (Wildman–Crippen LogP) is 0.342. The lowest BCUT2D eigenvalue weighted by atomic mass is 9.81. The van der Waals surface area contributed by atoms with Crippen LogP contribution in [0, 0.1) is 11.3 Å². The van der Waals surface area contributed by atoms with E-state index in [9.17, 15) is 19.5 Å². The first-order valence-corrected chi connectivity index (χ1v) is 8.87. The van der Waals surface area contributed by atoms with Gasteiger partial charge in [0.25, 0.3) is 11.5 Å². The van der Waals surface area contributed by atoms with E-state index in [1.165, 1.54) is 0 Å². The Morgan fingerprint density at radius 2 is 2.00 bits per heavy atom. The van der Waals surface area contributed by atoms with E-state index in [2.05, 4.69) is 4.98 Å². The molecule has 0 saturated carbocycles.